The van der Waals surface area contributed by atoms with Crippen LogP contribution in [0.4, 0.5) is 16.5 Å². The number of thioether (sulfide) groups is 1. The number of carbonyl (C=O) groups excluding carboxylic acids is 1. The Labute approximate surface area is 207 Å². The monoisotopic (exact) mass is 519 g/mol. The van der Waals surface area contributed by atoms with E-state index in [-0.39, 0.29) is 10.8 Å². The molecule has 1 amide bonds. The fraction of sp³-hybridized carbons (Fsp3) is 0.318. The Bertz CT molecular complexity index is 1220. The molecular weight excluding hydrogens is 494 g/mol. The van der Waals surface area contributed by atoms with Crippen LogP contribution in [-0.2, 0) is 19.6 Å². The first-order valence-electron chi connectivity index (χ1n) is 10.6. The molecular formula is C22H25N5O4S3. The van der Waals surface area contributed by atoms with Crippen LogP contribution in [0.25, 0.3) is 0 Å². The summed E-state index contributed by atoms with van der Waals surface area (Å²) in [5.74, 6) is -0.211. The third kappa shape index (κ3) is 6.13. The van der Waals surface area contributed by atoms with Gasteiger partial charge in [-0.05, 0) is 50.2 Å². The fourth-order valence-electron chi connectivity index (χ4n) is 3.16. The van der Waals surface area contributed by atoms with Gasteiger partial charge < -0.3 is 15.4 Å². The van der Waals surface area contributed by atoms with E-state index in [1.165, 1.54) is 45.1 Å². The van der Waals surface area contributed by atoms with Crippen molar-refractivity contribution in [1.82, 2.24) is 14.5 Å². The lowest BCUT2D eigenvalue weighted by Crippen LogP contribution is -2.40. The molecule has 0 spiro atoms. The highest BCUT2D eigenvalue weighted by Crippen LogP contribution is 2.31. The van der Waals surface area contributed by atoms with Gasteiger partial charge in [0.05, 0.1) is 23.4 Å². The lowest BCUT2D eigenvalue weighted by atomic mass is 10.2. The maximum Gasteiger partial charge on any atom is 0.243 e. The summed E-state index contributed by atoms with van der Waals surface area (Å²) in [5.41, 5.74) is 2.62. The molecule has 4 rings (SSSR count). The number of aryl methyl sites for hydroxylation is 1. The molecule has 0 bridgehead atoms. The number of hydrogen-bond donors (Lipinski definition) is 2. The number of anilines is 3. The molecule has 1 aromatic heterocycles. The molecule has 1 atom stereocenters. The fourth-order valence-corrected chi connectivity index (χ4v) is 6.49. The number of carbonyl (C=O) groups is 1. The number of nitrogens with one attached hydrogen (secondary N) is 2. The number of hydrogen-bond acceptors (Lipinski definition) is 9. The molecule has 1 unspecified atom stereocenters. The minimum atomic E-state index is -3.57. The minimum Gasteiger partial charge on any atom is -0.379 e. The predicted octanol–water partition coefficient (Wildman–Crippen LogP) is 3.73. The van der Waals surface area contributed by atoms with Gasteiger partial charge in [-0.25, -0.2) is 8.42 Å². The smallest absolute Gasteiger partial charge is 0.243 e. The summed E-state index contributed by atoms with van der Waals surface area (Å²) in [5, 5.41) is 14.5. The van der Waals surface area contributed by atoms with Gasteiger partial charge >= 0.3 is 0 Å². The van der Waals surface area contributed by atoms with Gasteiger partial charge in [0.2, 0.25) is 21.1 Å². The first-order chi connectivity index (χ1) is 16.3. The second kappa shape index (κ2) is 10.8. The number of amides is 1. The molecule has 1 fully saturated rings. The second-order valence-corrected chi connectivity index (χ2v) is 12.2. The molecule has 12 heteroatoms. The van der Waals surface area contributed by atoms with Crippen molar-refractivity contribution in [3.05, 3.63) is 54.1 Å². The molecule has 1 saturated heterocycles. The molecule has 0 aliphatic carbocycles. The Kier molecular flexibility index (Phi) is 7.84. The average Bonchev–Trinajstić information content (AvgIpc) is 3.28. The van der Waals surface area contributed by atoms with Gasteiger partial charge in [-0.2, -0.15) is 4.31 Å². The van der Waals surface area contributed by atoms with Crippen molar-refractivity contribution >= 4 is 55.5 Å². The Morgan fingerprint density at radius 2 is 1.71 bits per heavy atom. The zero-order valence-corrected chi connectivity index (χ0v) is 21.2. The SMILES string of the molecule is Cc1ccc(Nc2nnc(SC(C)C(=O)Nc3ccc(S(=O)(=O)N4CCOCC4)cc3)s2)cc1. The van der Waals surface area contributed by atoms with Gasteiger partial charge in [-0.3, -0.25) is 4.79 Å². The molecule has 2 N–H and O–H groups in total. The van der Waals surface area contributed by atoms with E-state index in [2.05, 4.69) is 20.8 Å². The van der Waals surface area contributed by atoms with Crippen molar-refractivity contribution in [2.24, 2.45) is 0 Å². The Morgan fingerprint density at radius 1 is 1.06 bits per heavy atom. The lowest BCUT2D eigenvalue weighted by Gasteiger charge is -2.26. The van der Waals surface area contributed by atoms with Crippen LogP contribution in [-0.4, -0.2) is 60.4 Å². The van der Waals surface area contributed by atoms with Crippen molar-refractivity contribution in [2.45, 2.75) is 28.3 Å². The molecule has 180 valence electrons. The van der Waals surface area contributed by atoms with Crippen LogP contribution < -0.4 is 10.6 Å². The maximum absolute atomic E-state index is 12.7. The van der Waals surface area contributed by atoms with E-state index in [9.17, 15) is 13.2 Å². The quantitative estimate of drug-likeness (QED) is 0.433. The third-order valence-corrected chi connectivity index (χ3v) is 9.02. The normalized spacial score (nSPS) is 15.6. The summed E-state index contributed by atoms with van der Waals surface area (Å²) < 4.78 is 32.8. The van der Waals surface area contributed by atoms with E-state index in [1.54, 1.807) is 19.1 Å². The van der Waals surface area contributed by atoms with E-state index in [0.29, 0.717) is 41.5 Å². The van der Waals surface area contributed by atoms with E-state index >= 15 is 0 Å². The van der Waals surface area contributed by atoms with Crippen LogP contribution in [0.2, 0.25) is 0 Å². The van der Waals surface area contributed by atoms with Crippen molar-refractivity contribution < 1.29 is 17.9 Å². The van der Waals surface area contributed by atoms with Gasteiger partial charge in [0.25, 0.3) is 0 Å². The van der Waals surface area contributed by atoms with Crippen LogP contribution in [0.3, 0.4) is 0 Å². The highest BCUT2D eigenvalue weighted by Gasteiger charge is 2.26. The number of benzene rings is 2. The van der Waals surface area contributed by atoms with Gasteiger partial charge in [-0.15, -0.1) is 10.2 Å². The van der Waals surface area contributed by atoms with E-state index in [0.717, 1.165) is 5.69 Å². The summed E-state index contributed by atoms with van der Waals surface area (Å²) in [6.45, 7) is 5.26. The van der Waals surface area contributed by atoms with Gasteiger partial charge in [0, 0.05) is 24.5 Å². The number of aromatic nitrogens is 2. The summed E-state index contributed by atoms with van der Waals surface area (Å²) >= 11 is 2.68. The van der Waals surface area contributed by atoms with Crippen LogP contribution >= 0.6 is 23.1 Å². The molecule has 0 radical (unpaired) electrons. The maximum atomic E-state index is 12.7. The predicted molar refractivity (Wildman–Crippen MR) is 134 cm³/mol. The van der Waals surface area contributed by atoms with Crippen LogP contribution in [0, 0.1) is 6.92 Å². The molecule has 0 saturated carbocycles. The Morgan fingerprint density at radius 3 is 2.38 bits per heavy atom. The largest absolute Gasteiger partial charge is 0.379 e. The first-order valence-corrected chi connectivity index (χ1v) is 13.8. The minimum absolute atomic E-state index is 0.192. The van der Waals surface area contributed by atoms with Crippen molar-refractivity contribution in [2.75, 3.05) is 36.9 Å². The zero-order valence-electron chi connectivity index (χ0n) is 18.7. The van der Waals surface area contributed by atoms with Gasteiger partial charge in [-0.1, -0.05) is 40.8 Å². The number of nitrogens with zero attached hydrogens (tertiary/aromatic N) is 3. The standard InChI is InChI=1S/C22H25N5O4S3/c1-15-3-5-18(6-4-15)24-21-25-26-22(33-21)32-16(2)20(28)23-17-7-9-19(10-8-17)34(29,30)27-11-13-31-14-12-27/h3-10,16H,11-14H2,1-2H3,(H,23,28)(H,24,25). The van der Waals surface area contributed by atoms with Crippen LogP contribution in [0.1, 0.15) is 12.5 Å². The van der Waals surface area contributed by atoms with Crippen molar-refractivity contribution in [3.8, 4) is 0 Å². The number of rotatable bonds is 8. The van der Waals surface area contributed by atoms with Crippen LogP contribution in [0.15, 0.2) is 57.8 Å². The molecule has 1 aliphatic rings. The summed E-state index contributed by atoms with van der Waals surface area (Å²) in [6.07, 6.45) is 0. The third-order valence-electron chi connectivity index (χ3n) is 5.09. The van der Waals surface area contributed by atoms with E-state index in [4.69, 9.17) is 4.74 Å². The summed E-state index contributed by atoms with van der Waals surface area (Å²) in [4.78, 5) is 12.8. The Balaban J connectivity index is 1.32. The molecule has 9 nitrogen and oxygen atoms in total. The van der Waals surface area contributed by atoms with Gasteiger partial charge in [0.1, 0.15) is 0 Å². The van der Waals surface area contributed by atoms with Crippen LogP contribution in [0.5, 0.6) is 0 Å². The highest BCUT2D eigenvalue weighted by atomic mass is 32.2. The second-order valence-electron chi connectivity index (χ2n) is 7.65. The number of morpholine rings is 1. The summed E-state index contributed by atoms with van der Waals surface area (Å²) in [7, 11) is -3.57. The van der Waals surface area contributed by atoms with Gasteiger partial charge in [0.15, 0.2) is 4.34 Å². The Hall–Kier alpha value is -2.51. The summed E-state index contributed by atoms with van der Waals surface area (Å²) in [6, 6.07) is 14.2. The molecule has 34 heavy (non-hydrogen) atoms. The van der Waals surface area contributed by atoms with E-state index in [1.807, 2.05) is 31.2 Å². The van der Waals surface area contributed by atoms with Crippen molar-refractivity contribution in [3.63, 3.8) is 0 Å². The van der Waals surface area contributed by atoms with E-state index < -0.39 is 15.3 Å². The van der Waals surface area contributed by atoms with Crippen molar-refractivity contribution in [1.29, 1.82) is 0 Å². The molecule has 2 aromatic carbocycles. The average molecular weight is 520 g/mol. The first kappa shape index (κ1) is 24.6. The number of ether oxygens (including phenoxy) is 1. The lowest BCUT2D eigenvalue weighted by molar-refractivity contribution is -0.115. The zero-order chi connectivity index (χ0) is 24.1. The highest BCUT2D eigenvalue weighted by molar-refractivity contribution is 8.02. The molecule has 3 aromatic rings. The molecule has 1 aliphatic heterocycles. The number of sulfonamides is 1. The molecule has 2 heterocycles. The topological polar surface area (TPSA) is 114 Å².